The zero-order valence-electron chi connectivity index (χ0n) is 16.0. The number of nitrogens with zero attached hydrogens (tertiary/aromatic N) is 5. The molecule has 0 atom stereocenters. The lowest BCUT2D eigenvalue weighted by atomic mass is 9.89. The van der Waals surface area contributed by atoms with E-state index >= 15 is 0 Å². The molecule has 1 aliphatic rings. The van der Waals surface area contributed by atoms with Crippen molar-refractivity contribution in [3.63, 3.8) is 0 Å². The van der Waals surface area contributed by atoms with E-state index in [0.717, 1.165) is 13.1 Å². The van der Waals surface area contributed by atoms with Crippen LogP contribution in [0.4, 0.5) is 11.9 Å². The molecule has 1 saturated carbocycles. The maximum Gasteiger partial charge on any atom is 0.261 e. The Morgan fingerprint density at radius 1 is 1.11 bits per heavy atom. The highest BCUT2D eigenvalue weighted by atomic mass is 32.2. The van der Waals surface area contributed by atoms with Crippen molar-refractivity contribution in [3.05, 3.63) is 0 Å². The lowest BCUT2D eigenvalue weighted by molar-refractivity contribution is -0.118. The van der Waals surface area contributed by atoms with Gasteiger partial charge in [0, 0.05) is 19.6 Å². The van der Waals surface area contributed by atoms with Crippen LogP contribution in [0.25, 0.3) is 5.78 Å². The van der Waals surface area contributed by atoms with Crippen molar-refractivity contribution in [1.82, 2.24) is 29.9 Å². The number of fused-ring (bicyclic) bond motifs is 1. The molecular formula is C17H28N8OS. The van der Waals surface area contributed by atoms with E-state index in [9.17, 15) is 4.79 Å². The number of nitrogens with one attached hydrogen (secondary N) is 3. The van der Waals surface area contributed by atoms with Crippen LogP contribution in [0, 0.1) is 5.92 Å². The Balaban J connectivity index is 1.63. The van der Waals surface area contributed by atoms with Crippen molar-refractivity contribution in [2.45, 2.75) is 51.1 Å². The molecule has 0 radical (unpaired) electrons. The van der Waals surface area contributed by atoms with Gasteiger partial charge >= 0.3 is 0 Å². The van der Waals surface area contributed by atoms with Crippen LogP contribution in [0.3, 0.4) is 0 Å². The minimum absolute atomic E-state index is 0.0255. The standard InChI is InChI=1S/C17H28N8OS/c1-3-18-14-21-15(19-4-2)25-16(22-14)23-24-17(25)27-11-13(26)20-10-12-8-6-5-7-9-12/h12H,3-11H2,1-2H3,(H,20,26)(H2,18,19,21,22,23). The first-order valence-electron chi connectivity index (χ1n) is 9.71. The third-order valence-corrected chi connectivity index (χ3v) is 5.49. The summed E-state index contributed by atoms with van der Waals surface area (Å²) in [5, 5.41) is 18.3. The van der Waals surface area contributed by atoms with Crippen molar-refractivity contribution in [1.29, 1.82) is 0 Å². The van der Waals surface area contributed by atoms with E-state index in [1.54, 1.807) is 4.40 Å². The summed E-state index contributed by atoms with van der Waals surface area (Å²) in [7, 11) is 0. The summed E-state index contributed by atoms with van der Waals surface area (Å²) in [6.45, 7) is 6.19. The maximum atomic E-state index is 12.2. The lowest BCUT2D eigenvalue weighted by Crippen LogP contribution is -2.31. The number of aromatic nitrogens is 5. The molecule has 2 aromatic heterocycles. The van der Waals surface area contributed by atoms with Crippen molar-refractivity contribution in [3.8, 4) is 0 Å². The first-order valence-corrected chi connectivity index (χ1v) is 10.7. The minimum atomic E-state index is 0.0255. The van der Waals surface area contributed by atoms with Crippen LogP contribution in [0.1, 0.15) is 46.0 Å². The summed E-state index contributed by atoms with van der Waals surface area (Å²) < 4.78 is 1.75. The van der Waals surface area contributed by atoms with Gasteiger partial charge in [0.2, 0.25) is 17.8 Å². The van der Waals surface area contributed by atoms with Gasteiger partial charge < -0.3 is 16.0 Å². The highest BCUT2D eigenvalue weighted by Crippen LogP contribution is 2.23. The van der Waals surface area contributed by atoms with Gasteiger partial charge in [0.15, 0.2) is 5.16 Å². The van der Waals surface area contributed by atoms with Gasteiger partial charge in [-0.05, 0) is 32.6 Å². The van der Waals surface area contributed by atoms with Gasteiger partial charge in [0.25, 0.3) is 5.78 Å². The molecule has 0 aliphatic heterocycles. The Kier molecular flexibility index (Phi) is 7.08. The SMILES string of the molecule is CCNc1nc(NCC)n2c(SCC(=O)NCC3CCCCC3)nnc2n1. The molecule has 3 N–H and O–H groups in total. The number of thioether (sulfide) groups is 1. The molecule has 0 aromatic carbocycles. The monoisotopic (exact) mass is 392 g/mol. The molecule has 1 fully saturated rings. The Morgan fingerprint density at radius 3 is 2.63 bits per heavy atom. The molecule has 3 rings (SSSR count). The Morgan fingerprint density at radius 2 is 1.89 bits per heavy atom. The summed E-state index contributed by atoms with van der Waals surface area (Å²) in [6.07, 6.45) is 6.33. The van der Waals surface area contributed by atoms with Gasteiger partial charge in [-0.25, -0.2) is 4.40 Å². The van der Waals surface area contributed by atoms with Crippen LogP contribution < -0.4 is 16.0 Å². The number of carbonyl (C=O) groups is 1. The second kappa shape index (κ2) is 9.72. The molecule has 0 spiro atoms. The van der Waals surface area contributed by atoms with Crippen LogP contribution in [-0.4, -0.2) is 55.9 Å². The molecule has 0 bridgehead atoms. The van der Waals surface area contributed by atoms with E-state index in [-0.39, 0.29) is 5.91 Å². The van der Waals surface area contributed by atoms with Crippen molar-refractivity contribution in [2.24, 2.45) is 5.92 Å². The largest absolute Gasteiger partial charge is 0.355 e. The van der Waals surface area contributed by atoms with Crippen LogP contribution in [0.2, 0.25) is 0 Å². The quantitative estimate of drug-likeness (QED) is 0.557. The molecule has 10 heteroatoms. The third kappa shape index (κ3) is 5.21. The van der Waals surface area contributed by atoms with E-state index in [1.807, 2.05) is 13.8 Å². The second-order valence-corrected chi connectivity index (χ2v) is 7.59. The number of carbonyl (C=O) groups excluding carboxylic acids is 1. The first-order chi connectivity index (χ1) is 13.2. The Hall–Kier alpha value is -2.10. The molecule has 148 valence electrons. The molecule has 2 heterocycles. The van der Waals surface area contributed by atoms with E-state index in [0.29, 0.717) is 41.0 Å². The number of rotatable bonds is 9. The Labute approximate surface area is 163 Å². The van der Waals surface area contributed by atoms with Gasteiger partial charge in [-0.2, -0.15) is 9.97 Å². The fourth-order valence-electron chi connectivity index (χ4n) is 3.23. The molecule has 9 nitrogen and oxygen atoms in total. The van der Waals surface area contributed by atoms with Crippen LogP contribution >= 0.6 is 11.8 Å². The van der Waals surface area contributed by atoms with Crippen LogP contribution in [-0.2, 0) is 4.79 Å². The van der Waals surface area contributed by atoms with E-state index < -0.39 is 0 Å². The summed E-state index contributed by atoms with van der Waals surface area (Å²) in [4.78, 5) is 21.1. The van der Waals surface area contributed by atoms with E-state index in [1.165, 1.54) is 43.9 Å². The fourth-order valence-corrected chi connectivity index (χ4v) is 3.99. The second-order valence-electron chi connectivity index (χ2n) is 6.65. The van der Waals surface area contributed by atoms with E-state index in [4.69, 9.17) is 0 Å². The molecule has 0 unspecified atom stereocenters. The summed E-state index contributed by atoms with van der Waals surface area (Å²) >= 11 is 1.35. The summed E-state index contributed by atoms with van der Waals surface area (Å²) in [5.74, 6) is 2.54. The lowest BCUT2D eigenvalue weighted by Gasteiger charge is -2.21. The molecule has 1 amide bonds. The normalized spacial score (nSPS) is 15.0. The first kappa shape index (κ1) is 19.7. The number of hydrogen-bond donors (Lipinski definition) is 3. The van der Waals surface area contributed by atoms with Crippen molar-refractivity contribution in [2.75, 3.05) is 36.0 Å². The summed E-state index contributed by atoms with van der Waals surface area (Å²) in [6, 6.07) is 0. The molecule has 2 aromatic rings. The van der Waals surface area contributed by atoms with Gasteiger partial charge in [0.1, 0.15) is 0 Å². The van der Waals surface area contributed by atoms with Crippen LogP contribution in [0.15, 0.2) is 5.16 Å². The summed E-state index contributed by atoms with van der Waals surface area (Å²) in [5.41, 5.74) is 0. The minimum Gasteiger partial charge on any atom is -0.355 e. The van der Waals surface area contributed by atoms with Crippen molar-refractivity contribution < 1.29 is 4.79 Å². The zero-order chi connectivity index (χ0) is 19.1. The number of hydrogen-bond acceptors (Lipinski definition) is 8. The Bertz CT molecular complexity index is 759. The van der Waals surface area contributed by atoms with Crippen LogP contribution in [0.5, 0.6) is 0 Å². The average molecular weight is 393 g/mol. The van der Waals surface area contributed by atoms with E-state index in [2.05, 4.69) is 36.1 Å². The van der Waals surface area contributed by atoms with Gasteiger partial charge in [0.05, 0.1) is 5.75 Å². The third-order valence-electron chi connectivity index (χ3n) is 4.56. The highest BCUT2D eigenvalue weighted by molar-refractivity contribution is 7.99. The number of anilines is 2. The molecule has 1 aliphatic carbocycles. The predicted octanol–water partition coefficient (Wildman–Crippen LogP) is 2.17. The van der Waals surface area contributed by atoms with Gasteiger partial charge in [-0.3, -0.25) is 4.79 Å². The topological polar surface area (TPSA) is 109 Å². The number of amides is 1. The predicted molar refractivity (Wildman–Crippen MR) is 107 cm³/mol. The van der Waals surface area contributed by atoms with Crippen molar-refractivity contribution >= 4 is 35.3 Å². The molecule has 0 saturated heterocycles. The maximum absolute atomic E-state index is 12.2. The molecular weight excluding hydrogens is 364 g/mol. The zero-order valence-corrected chi connectivity index (χ0v) is 16.8. The van der Waals surface area contributed by atoms with Gasteiger partial charge in [-0.15, -0.1) is 10.2 Å². The molecule has 27 heavy (non-hydrogen) atoms. The smallest absolute Gasteiger partial charge is 0.261 e. The average Bonchev–Trinajstić information content (AvgIpc) is 3.09. The van der Waals surface area contributed by atoms with Gasteiger partial charge in [-0.1, -0.05) is 31.0 Å². The highest BCUT2D eigenvalue weighted by Gasteiger charge is 2.17. The fraction of sp³-hybridized carbons (Fsp3) is 0.706.